The fourth-order valence-electron chi connectivity index (χ4n) is 7.27. The van der Waals surface area contributed by atoms with Crippen molar-refractivity contribution in [2.45, 2.75) is 65.0 Å². The number of hydrogen-bond donors (Lipinski definition) is 2. The first kappa shape index (κ1) is 37.8. The Morgan fingerprint density at radius 3 is 1.44 bits per heavy atom. The van der Waals surface area contributed by atoms with Crippen molar-refractivity contribution in [2.75, 3.05) is 38.8 Å². The summed E-state index contributed by atoms with van der Waals surface area (Å²) in [5, 5.41) is 0. The van der Waals surface area contributed by atoms with Gasteiger partial charge in [-0.3, -0.25) is 9.59 Å². The van der Waals surface area contributed by atoms with E-state index >= 15 is 0 Å². The second kappa shape index (κ2) is 16.4. The van der Waals surface area contributed by atoms with E-state index in [-0.39, 0.29) is 35.7 Å². The van der Waals surface area contributed by atoms with Crippen molar-refractivity contribution in [2.24, 2.45) is 23.3 Å². The van der Waals surface area contributed by atoms with Crippen LogP contribution in [0.3, 0.4) is 0 Å². The van der Waals surface area contributed by atoms with E-state index < -0.39 is 12.1 Å². The molecule has 0 unspecified atom stereocenters. The third kappa shape index (κ3) is 7.57. The number of nitrogens with zero attached hydrogens (tertiary/aromatic N) is 6. The zero-order valence-electron chi connectivity index (χ0n) is 30.8. The van der Waals surface area contributed by atoms with Crippen LogP contribution in [0.2, 0.25) is 0 Å². The van der Waals surface area contributed by atoms with Crippen LogP contribution < -0.4 is 20.9 Å². The van der Waals surface area contributed by atoms with Gasteiger partial charge in [-0.1, -0.05) is 73.5 Å². The molecule has 12 nitrogen and oxygen atoms in total. The molecule has 0 aliphatic carbocycles. The van der Waals surface area contributed by atoms with Crippen LogP contribution in [0.1, 0.15) is 51.4 Å². The average molecular weight is 747 g/mol. The molecule has 14 heteroatoms. The van der Waals surface area contributed by atoms with Gasteiger partial charge in [-0.05, 0) is 36.1 Å². The summed E-state index contributed by atoms with van der Waals surface area (Å²) < 4.78 is 15.4. The quantitative estimate of drug-likeness (QED) is 0.138. The number of fused-ring (bicyclic) bond motifs is 2. The SMILES string of the molecule is COc1ccccc1-c1cn2c(n1)[C@H](C(C)C)N(C(=O)[C@@H](N)CSSC[C@H](N)C(=O)N1CCn3cc(-c4ccccc4OC)nc3[C@@H]1C(C)C)CC2. The number of carbonyl (C=O) groups is 2. The number of imidazole rings is 2. The predicted molar refractivity (Wildman–Crippen MR) is 208 cm³/mol. The van der Waals surface area contributed by atoms with Crippen molar-refractivity contribution >= 4 is 33.4 Å². The topological polar surface area (TPSA) is 147 Å². The Labute approximate surface area is 314 Å². The average Bonchev–Trinajstić information content (AvgIpc) is 3.79. The third-order valence-corrected chi connectivity index (χ3v) is 12.3. The Morgan fingerprint density at radius 2 is 1.08 bits per heavy atom. The largest absolute Gasteiger partial charge is 0.496 e. The van der Waals surface area contributed by atoms with Crippen LogP contribution in [0.5, 0.6) is 11.5 Å². The molecule has 0 fully saturated rings. The summed E-state index contributed by atoms with van der Waals surface area (Å²) in [6.07, 6.45) is 4.09. The molecule has 0 saturated heterocycles. The molecular formula is C38H50N8O4S2. The lowest BCUT2D eigenvalue weighted by Gasteiger charge is -2.39. The number of hydrogen-bond acceptors (Lipinski definition) is 10. The van der Waals surface area contributed by atoms with Crippen LogP contribution in [0.25, 0.3) is 22.5 Å². The molecule has 4 aromatic rings. The van der Waals surface area contributed by atoms with Crippen molar-refractivity contribution in [3.05, 3.63) is 72.6 Å². The highest BCUT2D eigenvalue weighted by Gasteiger charge is 2.39. The molecule has 0 bridgehead atoms. The molecular weight excluding hydrogens is 697 g/mol. The van der Waals surface area contributed by atoms with E-state index in [0.29, 0.717) is 37.7 Å². The molecule has 4 N–H and O–H groups in total. The van der Waals surface area contributed by atoms with Gasteiger partial charge in [-0.2, -0.15) is 0 Å². The van der Waals surface area contributed by atoms with Crippen LogP contribution in [0, 0.1) is 11.8 Å². The fourth-order valence-corrected chi connectivity index (χ4v) is 9.50. The molecule has 4 atom stereocenters. The number of para-hydroxylation sites is 2. The molecule has 2 aliphatic heterocycles. The molecule has 2 aromatic heterocycles. The van der Waals surface area contributed by atoms with Gasteiger partial charge in [0.25, 0.3) is 0 Å². The number of amides is 2. The highest BCUT2D eigenvalue weighted by atomic mass is 33.1. The second-order valence-electron chi connectivity index (χ2n) is 14.0. The van der Waals surface area contributed by atoms with Gasteiger partial charge in [0.05, 0.1) is 49.8 Å². The number of nitrogens with two attached hydrogens (primary N) is 2. The minimum absolute atomic E-state index is 0.101. The van der Waals surface area contributed by atoms with Crippen LogP contribution in [0.4, 0.5) is 0 Å². The Balaban J connectivity index is 1.05. The number of carbonyl (C=O) groups excluding carboxylic acids is 2. The summed E-state index contributed by atoms with van der Waals surface area (Å²) in [6.45, 7) is 10.8. The maximum atomic E-state index is 13.8. The number of benzene rings is 2. The highest BCUT2D eigenvalue weighted by molar-refractivity contribution is 8.76. The molecule has 0 spiro atoms. The van der Waals surface area contributed by atoms with Gasteiger partial charge in [-0.15, -0.1) is 0 Å². The number of rotatable bonds is 13. The van der Waals surface area contributed by atoms with Crippen LogP contribution in [0.15, 0.2) is 60.9 Å². The summed E-state index contributed by atoms with van der Waals surface area (Å²) in [5.41, 5.74) is 16.5. The lowest BCUT2D eigenvalue weighted by molar-refractivity contribution is -0.137. The monoisotopic (exact) mass is 746 g/mol. The van der Waals surface area contributed by atoms with E-state index in [1.165, 1.54) is 21.6 Å². The van der Waals surface area contributed by atoms with E-state index in [2.05, 4.69) is 36.8 Å². The lowest BCUT2D eigenvalue weighted by Crippen LogP contribution is -2.51. The van der Waals surface area contributed by atoms with E-state index in [4.69, 9.17) is 30.9 Å². The minimum atomic E-state index is -0.704. The van der Waals surface area contributed by atoms with Crippen LogP contribution >= 0.6 is 21.6 Å². The van der Waals surface area contributed by atoms with E-state index in [1.54, 1.807) is 14.2 Å². The number of ether oxygens (including phenoxy) is 2. The van der Waals surface area contributed by atoms with Gasteiger partial charge in [0.15, 0.2) is 0 Å². The Morgan fingerprint density at radius 1 is 0.692 bits per heavy atom. The Kier molecular flexibility index (Phi) is 11.9. The molecule has 2 aliphatic rings. The summed E-state index contributed by atoms with van der Waals surface area (Å²) >= 11 is 0. The van der Waals surface area contributed by atoms with E-state index in [0.717, 1.165) is 45.7 Å². The zero-order chi connectivity index (χ0) is 37.1. The predicted octanol–water partition coefficient (Wildman–Crippen LogP) is 5.25. The minimum Gasteiger partial charge on any atom is -0.496 e. The zero-order valence-corrected chi connectivity index (χ0v) is 32.4. The molecule has 52 heavy (non-hydrogen) atoms. The summed E-state index contributed by atoms with van der Waals surface area (Å²) in [4.78, 5) is 41.4. The smallest absolute Gasteiger partial charge is 0.241 e. The van der Waals surface area contributed by atoms with Crippen molar-refractivity contribution in [1.82, 2.24) is 28.9 Å². The van der Waals surface area contributed by atoms with Crippen molar-refractivity contribution in [3.8, 4) is 34.0 Å². The lowest BCUT2D eigenvalue weighted by atomic mass is 9.99. The molecule has 278 valence electrons. The van der Waals surface area contributed by atoms with Crippen molar-refractivity contribution in [3.63, 3.8) is 0 Å². The number of methoxy groups -OCH3 is 2. The van der Waals surface area contributed by atoms with Crippen LogP contribution in [-0.4, -0.2) is 91.6 Å². The molecule has 0 saturated carbocycles. The summed E-state index contributed by atoms with van der Waals surface area (Å²) in [7, 11) is 6.26. The van der Waals surface area contributed by atoms with Gasteiger partial charge in [0, 0.05) is 61.2 Å². The standard InChI is InChI=1S/C38H50N8O4S2/c1-23(2)33-35-41-29(25-11-7-9-13-31(25)49-5)19-43(35)15-17-45(33)37(47)27(39)21-51-52-22-28(40)38(48)46-18-16-44-20-30(42-36(44)34(46)24(3)4)26-12-8-10-14-32(26)50-6/h7-14,19-20,23-24,27-28,33-34H,15-18,21-22,39-40H2,1-6H3/t27-,28-,33-,34-/m0/s1. The number of aromatic nitrogens is 4. The van der Waals surface area contributed by atoms with Gasteiger partial charge in [0.1, 0.15) is 23.1 Å². The first-order chi connectivity index (χ1) is 25.0. The maximum Gasteiger partial charge on any atom is 0.241 e. The molecule has 2 aromatic carbocycles. The summed E-state index contributed by atoms with van der Waals surface area (Å²) in [6, 6.07) is 13.8. The molecule has 6 rings (SSSR count). The van der Waals surface area contributed by atoms with E-state index in [1.807, 2.05) is 70.7 Å². The van der Waals surface area contributed by atoms with Gasteiger partial charge in [0.2, 0.25) is 11.8 Å². The first-order valence-electron chi connectivity index (χ1n) is 17.8. The third-order valence-electron chi connectivity index (χ3n) is 9.79. The van der Waals surface area contributed by atoms with Gasteiger partial charge < -0.3 is 39.9 Å². The Bertz CT molecular complexity index is 1740. The Hall–Kier alpha value is -3.98. The fraction of sp³-hybridized carbons (Fsp3) is 0.474. The molecule has 4 heterocycles. The van der Waals surface area contributed by atoms with Crippen LogP contribution in [-0.2, 0) is 22.7 Å². The van der Waals surface area contributed by atoms with E-state index in [9.17, 15) is 9.59 Å². The highest BCUT2D eigenvalue weighted by Crippen LogP contribution is 2.38. The van der Waals surface area contributed by atoms with Crippen molar-refractivity contribution < 1.29 is 19.1 Å². The first-order valence-corrected chi connectivity index (χ1v) is 20.3. The second-order valence-corrected chi connectivity index (χ2v) is 16.5. The van der Waals surface area contributed by atoms with Crippen molar-refractivity contribution in [1.29, 1.82) is 0 Å². The molecule has 0 radical (unpaired) electrons. The van der Waals surface area contributed by atoms with Gasteiger partial charge >= 0.3 is 0 Å². The maximum absolute atomic E-state index is 13.8. The summed E-state index contributed by atoms with van der Waals surface area (Å²) in [5.74, 6) is 4.07. The normalized spacial score (nSPS) is 18.3. The van der Waals surface area contributed by atoms with Gasteiger partial charge in [-0.25, -0.2) is 9.97 Å². The molecule has 2 amide bonds.